The van der Waals surface area contributed by atoms with Gasteiger partial charge in [-0.3, -0.25) is 9.69 Å². The molecule has 14 heteroatoms. The molecule has 0 aliphatic carbocycles. The molecule has 3 aromatic carbocycles. The van der Waals surface area contributed by atoms with Gasteiger partial charge in [-0.25, -0.2) is 14.1 Å². The van der Waals surface area contributed by atoms with Gasteiger partial charge in [-0.1, -0.05) is 53.7 Å². The summed E-state index contributed by atoms with van der Waals surface area (Å²) in [6.07, 6.45) is -1.85. The second kappa shape index (κ2) is 11.1. The van der Waals surface area contributed by atoms with Crippen LogP contribution in [0.1, 0.15) is 12.5 Å². The number of para-hydroxylation sites is 1. The summed E-state index contributed by atoms with van der Waals surface area (Å²) in [4.78, 5) is 18.1. The molecule has 2 heterocycles. The number of aromatic nitrogens is 3. The monoisotopic (exact) mass is 588 g/mol. The first-order chi connectivity index (χ1) is 19.1. The fourth-order valence-corrected chi connectivity index (χ4v) is 4.85. The highest BCUT2D eigenvalue weighted by Gasteiger charge is 2.38. The first kappa shape index (κ1) is 27.3. The van der Waals surface area contributed by atoms with Crippen LogP contribution in [0.2, 0.25) is 5.02 Å². The molecule has 1 atom stereocenters. The molecule has 0 spiro atoms. The van der Waals surface area contributed by atoms with E-state index < -0.39 is 17.4 Å². The summed E-state index contributed by atoms with van der Waals surface area (Å²) in [5, 5.41) is 12.4. The van der Waals surface area contributed by atoms with Crippen molar-refractivity contribution in [3.63, 3.8) is 0 Å². The number of rotatable bonds is 6. The fourth-order valence-electron chi connectivity index (χ4n) is 3.70. The minimum Gasteiger partial charge on any atom is -0.406 e. The van der Waals surface area contributed by atoms with Crippen LogP contribution >= 0.6 is 23.4 Å². The lowest BCUT2D eigenvalue weighted by Crippen LogP contribution is -2.32. The van der Waals surface area contributed by atoms with Crippen LogP contribution in [-0.4, -0.2) is 43.7 Å². The number of hydrogen-bond donors (Lipinski definition) is 0. The van der Waals surface area contributed by atoms with E-state index in [2.05, 4.69) is 25.0 Å². The number of carbonyl (C=O) groups is 1. The molecule has 5 rings (SSSR count). The van der Waals surface area contributed by atoms with E-state index in [1.165, 1.54) is 59.7 Å². The number of amidine groups is 1. The molecule has 0 N–H and O–H groups in total. The van der Waals surface area contributed by atoms with E-state index in [4.69, 9.17) is 11.6 Å². The smallest absolute Gasteiger partial charge is 0.406 e. The third kappa shape index (κ3) is 6.00. The van der Waals surface area contributed by atoms with Crippen molar-refractivity contribution >= 4 is 46.3 Å². The summed E-state index contributed by atoms with van der Waals surface area (Å²) in [5.74, 6) is -0.943. The lowest BCUT2D eigenvalue weighted by atomic mass is 10.1. The predicted octanol–water partition coefficient (Wildman–Crippen LogP) is 6.48. The van der Waals surface area contributed by atoms with Gasteiger partial charge in [0.05, 0.1) is 22.2 Å². The highest BCUT2D eigenvalue weighted by atomic mass is 35.5. The van der Waals surface area contributed by atoms with E-state index in [1.54, 1.807) is 31.2 Å². The lowest BCUT2D eigenvalue weighted by Gasteiger charge is -2.17. The zero-order chi connectivity index (χ0) is 28.4. The van der Waals surface area contributed by atoms with Crippen molar-refractivity contribution in [2.24, 2.45) is 10.2 Å². The molecule has 1 aliphatic rings. The average Bonchev–Trinajstić information content (AvgIpc) is 3.50. The van der Waals surface area contributed by atoms with Crippen LogP contribution in [0, 0.1) is 5.82 Å². The SMILES string of the molecule is CC1SC(=NN=Cc2ccc(-c3ncn(-c4ccc(OC(F)(F)F)cc4)n3)cc2)N(c2c(F)cccc2Cl)C1=O. The molecule has 0 bridgehead atoms. The molecule has 0 radical (unpaired) electrons. The highest BCUT2D eigenvalue weighted by molar-refractivity contribution is 8.16. The Bertz CT molecular complexity index is 1590. The first-order valence-corrected chi connectivity index (χ1v) is 12.8. The number of halogens is 5. The Morgan fingerprint density at radius 1 is 1.07 bits per heavy atom. The summed E-state index contributed by atoms with van der Waals surface area (Å²) in [7, 11) is 0. The molecule has 1 aromatic heterocycles. The molecule has 40 heavy (non-hydrogen) atoms. The third-order valence-corrected chi connectivity index (χ3v) is 6.88. The Morgan fingerprint density at radius 3 is 2.48 bits per heavy atom. The van der Waals surface area contributed by atoms with Crippen LogP contribution in [0.5, 0.6) is 5.75 Å². The van der Waals surface area contributed by atoms with Crippen molar-refractivity contribution in [2.75, 3.05) is 4.90 Å². The van der Waals surface area contributed by atoms with Crippen LogP contribution in [0.4, 0.5) is 23.2 Å². The number of nitrogens with zero attached hydrogens (tertiary/aromatic N) is 6. The largest absolute Gasteiger partial charge is 0.573 e. The first-order valence-electron chi connectivity index (χ1n) is 11.5. The van der Waals surface area contributed by atoms with Gasteiger partial charge in [0.2, 0.25) is 5.91 Å². The summed E-state index contributed by atoms with van der Waals surface area (Å²) in [6.45, 7) is 1.69. The standard InChI is InChI=1S/C26H17ClF4N6O2S/c1-15-24(38)37(22-20(27)3-2-4-21(22)28)25(40-15)34-33-13-16-5-7-17(8-6-16)23-32-14-36(35-23)18-9-11-19(12-10-18)39-26(29,30)31/h2-15H,1H3. The minimum absolute atomic E-state index is 0.0677. The van der Waals surface area contributed by atoms with Crippen molar-refractivity contribution < 1.29 is 27.1 Å². The molecule has 4 aromatic rings. The van der Waals surface area contributed by atoms with E-state index >= 15 is 0 Å². The Morgan fingerprint density at radius 2 is 1.80 bits per heavy atom. The van der Waals surface area contributed by atoms with Crippen molar-refractivity contribution in [3.8, 4) is 22.8 Å². The van der Waals surface area contributed by atoms with E-state index in [0.717, 1.165) is 16.7 Å². The van der Waals surface area contributed by atoms with Crippen molar-refractivity contribution in [1.82, 2.24) is 14.8 Å². The second-order valence-electron chi connectivity index (χ2n) is 8.31. The molecule has 8 nitrogen and oxygen atoms in total. The van der Waals surface area contributed by atoms with Gasteiger partial charge in [-0.05, 0) is 48.9 Å². The Labute approximate surface area is 233 Å². The van der Waals surface area contributed by atoms with Crippen molar-refractivity contribution in [1.29, 1.82) is 0 Å². The molecule has 1 amide bonds. The van der Waals surface area contributed by atoms with Gasteiger partial charge in [0.1, 0.15) is 23.6 Å². The zero-order valence-electron chi connectivity index (χ0n) is 20.4. The van der Waals surface area contributed by atoms with E-state index in [-0.39, 0.29) is 27.5 Å². The Hall–Kier alpha value is -4.23. The van der Waals surface area contributed by atoms with Gasteiger partial charge in [-0.2, -0.15) is 5.10 Å². The molecular weight excluding hydrogens is 572 g/mol. The molecule has 1 saturated heterocycles. The molecule has 1 aliphatic heterocycles. The molecular formula is C26H17ClF4N6O2S. The van der Waals surface area contributed by atoms with E-state index in [1.807, 2.05) is 0 Å². The third-order valence-electron chi connectivity index (χ3n) is 5.55. The number of thioether (sulfide) groups is 1. The van der Waals surface area contributed by atoms with Gasteiger partial charge in [0.25, 0.3) is 0 Å². The highest BCUT2D eigenvalue weighted by Crippen LogP contribution is 2.37. The molecule has 1 unspecified atom stereocenters. The molecule has 1 fully saturated rings. The topological polar surface area (TPSA) is 85.0 Å². The lowest BCUT2D eigenvalue weighted by molar-refractivity contribution is -0.274. The predicted molar refractivity (Wildman–Crippen MR) is 144 cm³/mol. The van der Waals surface area contributed by atoms with Crippen LogP contribution in [0.3, 0.4) is 0 Å². The average molecular weight is 589 g/mol. The number of hydrogen-bond acceptors (Lipinski definition) is 7. The maximum Gasteiger partial charge on any atom is 0.573 e. The quantitative estimate of drug-likeness (QED) is 0.146. The number of anilines is 1. The number of alkyl halides is 3. The second-order valence-corrected chi connectivity index (χ2v) is 10.0. The van der Waals surface area contributed by atoms with Gasteiger partial charge in [-0.15, -0.1) is 23.4 Å². The maximum absolute atomic E-state index is 14.5. The summed E-state index contributed by atoms with van der Waals surface area (Å²) >= 11 is 7.30. The van der Waals surface area contributed by atoms with Crippen molar-refractivity contribution in [2.45, 2.75) is 18.5 Å². The number of ether oxygens (including phenoxy) is 1. The van der Waals surface area contributed by atoms with Gasteiger partial charge < -0.3 is 4.74 Å². The van der Waals surface area contributed by atoms with Crippen LogP contribution in [0.15, 0.2) is 83.3 Å². The van der Waals surface area contributed by atoms with Gasteiger partial charge >= 0.3 is 6.36 Å². The minimum atomic E-state index is -4.77. The number of amides is 1. The van der Waals surface area contributed by atoms with Gasteiger partial charge in [0.15, 0.2) is 11.0 Å². The zero-order valence-corrected chi connectivity index (χ0v) is 22.0. The maximum atomic E-state index is 14.5. The number of benzene rings is 3. The number of carbonyl (C=O) groups excluding carboxylic acids is 1. The van der Waals surface area contributed by atoms with E-state index in [9.17, 15) is 22.4 Å². The molecule has 204 valence electrons. The van der Waals surface area contributed by atoms with Gasteiger partial charge in [0, 0.05) is 5.56 Å². The summed E-state index contributed by atoms with van der Waals surface area (Å²) in [5.41, 5.74) is 1.80. The fraction of sp³-hybridized carbons (Fsp3) is 0.115. The van der Waals surface area contributed by atoms with Crippen molar-refractivity contribution in [3.05, 3.63) is 89.5 Å². The Kier molecular flexibility index (Phi) is 7.59. The van der Waals surface area contributed by atoms with Crippen LogP contribution in [0.25, 0.3) is 17.1 Å². The Balaban J connectivity index is 1.29. The normalized spacial score (nSPS) is 16.9. The van der Waals surface area contributed by atoms with Crippen LogP contribution < -0.4 is 9.64 Å². The van der Waals surface area contributed by atoms with E-state index in [0.29, 0.717) is 22.6 Å². The summed E-state index contributed by atoms with van der Waals surface area (Å²) < 4.78 is 56.9. The van der Waals surface area contributed by atoms with Crippen LogP contribution in [-0.2, 0) is 4.79 Å². The molecule has 0 saturated carbocycles. The summed E-state index contributed by atoms with van der Waals surface area (Å²) in [6, 6.07) is 16.4.